The van der Waals surface area contributed by atoms with E-state index >= 15 is 0 Å². The topological polar surface area (TPSA) is 55.8 Å². The summed E-state index contributed by atoms with van der Waals surface area (Å²) in [7, 11) is 0. The maximum absolute atomic E-state index is 12.3. The molecular weight excluding hydrogens is 306 g/mol. The van der Waals surface area contributed by atoms with Crippen molar-refractivity contribution in [2.75, 3.05) is 19.7 Å². The zero-order chi connectivity index (χ0) is 17.5. The molecule has 1 fully saturated rings. The molecule has 132 valence electrons. The second-order valence-electron chi connectivity index (χ2n) is 6.21. The van der Waals surface area contributed by atoms with Gasteiger partial charge in [-0.15, -0.1) is 0 Å². The zero-order valence-electron chi connectivity index (χ0n) is 14.7. The summed E-state index contributed by atoms with van der Waals surface area (Å²) >= 11 is 0. The molecule has 0 radical (unpaired) electrons. The Balaban J connectivity index is 2.08. The number of hydrogen-bond donors (Lipinski definition) is 0. The van der Waals surface area contributed by atoms with Crippen LogP contribution in [0.5, 0.6) is 0 Å². The van der Waals surface area contributed by atoms with Gasteiger partial charge >= 0.3 is 11.9 Å². The summed E-state index contributed by atoms with van der Waals surface area (Å²) in [5.41, 5.74) is 0.504. The third kappa shape index (κ3) is 4.57. The number of carbonyl (C=O) groups excluding carboxylic acids is 2. The highest BCUT2D eigenvalue weighted by atomic mass is 16.6. The predicted molar refractivity (Wildman–Crippen MR) is 91.7 cm³/mol. The van der Waals surface area contributed by atoms with Crippen LogP contribution in [0.15, 0.2) is 30.3 Å². The summed E-state index contributed by atoms with van der Waals surface area (Å²) in [6, 6.07) is 9.28. The molecule has 0 aromatic heterocycles. The third-order valence-electron chi connectivity index (χ3n) is 4.65. The predicted octanol–water partition coefficient (Wildman–Crippen LogP) is 2.90. The van der Waals surface area contributed by atoms with Gasteiger partial charge in [0, 0.05) is 19.1 Å². The average molecular weight is 333 g/mol. The minimum Gasteiger partial charge on any atom is -0.466 e. The van der Waals surface area contributed by atoms with Crippen molar-refractivity contribution in [1.82, 2.24) is 4.90 Å². The monoisotopic (exact) mass is 333 g/mol. The Morgan fingerprint density at radius 3 is 2.58 bits per heavy atom. The molecule has 1 saturated heterocycles. The fraction of sp³-hybridized carbons (Fsp3) is 0.579. The van der Waals surface area contributed by atoms with Gasteiger partial charge in [-0.3, -0.25) is 9.69 Å². The Morgan fingerprint density at radius 1 is 1.25 bits per heavy atom. The minimum absolute atomic E-state index is 0.281. The molecule has 1 aliphatic heterocycles. The number of esters is 2. The Kier molecular flexibility index (Phi) is 6.79. The number of benzene rings is 1. The summed E-state index contributed by atoms with van der Waals surface area (Å²) < 4.78 is 10.9. The first-order chi connectivity index (χ1) is 11.6. The van der Waals surface area contributed by atoms with Gasteiger partial charge in [0.05, 0.1) is 12.2 Å². The summed E-state index contributed by atoms with van der Waals surface area (Å²) in [5, 5.41) is 0. The van der Waals surface area contributed by atoms with Crippen LogP contribution in [0.4, 0.5) is 0 Å². The van der Waals surface area contributed by atoms with Crippen molar-refractivity contribution in [1.29, 1.82) is 0 Å². The van der Waals surface area contributed by atoms with E-state index < -0.39 is 12.0 Å². The Labute approximate surface area is 143 Å². The molecule has 1 aliphatic rings. The van der Waals surface area contributed by atoms with Crippen LogP contribution in [-0.2, 0) is 14.3 Å². The van der Waals surface area contributed by atoms with E-state index in [0.29, 0.717) is 31.2 Å². The molecule has 3 atom stereocenters. The van der Waals surface area contributed by atoms with Gasteiger partial charge in [-0.1, -0.05) is 25.1 Å². The van der Waals surface area contributed by atoms with Crippen molar-refractivity contribution in [3.05, 3.63) is 35.9 Å². The van der Waals surface area contributed by atoms with Crippen LogP contribution < -0.4 is 0 Å². The highest BCUT2D eigenvalue weighted by molar-refractivity contribution is 5.89. The van der Waals surface area contributed by atoms with E-state index in [1.54, 1.807) is 31.2 Å². The van der Waals surface area contributed by atoms with E-state index in [1.807, 2.05) is 6.07 Å². The van der Waals surface area contributed by atoms with Gasteiger partial charge in [0.15, 0.2) is 0 Å². The van der Waals surface area contributed by atoms with E-state index in [-0.39, 0.29) is 11.9 Å². The maximum Gasteiger partial charge on any atom is 0.338 e. The van der Waals surface area contributed by atoms with Gasteiger partial charge in [0.25, 0.3) is 0 Å². The van der Waals surface area contributed by atoms with Crippen molar-refractivity contribution < 1.29 is 19.1 Å². The zero-order valence-corrected chi connectivity index (χ0v) is 14.7. The standard InChI is InChI=1S/C19H27NO4/c1-4-14(3)20-12-11-17(16(13-20)19(22)23-5-2)24-18(21)15-9-7-6-8-10-15/h6-10,14,16-17H,4-5,11-13H2,1-3H3. The molecule has 0 bridgehead atoms. The molecule has 5 nitrogen and oxygen atoms in total. The summed E-state index contributed by atoms with van der Waals surface area (Å²) in [6.45, 7) is 7.79. The number of ether oxygens (including phenoxy) is 2. The van der Waals surface area contributed by atoms with Gasteiger partial charge in [0.2, 0.25) is 0 Å². The van der Waals surface area contributed by atoms with Crippen LogP contribution in [0.1, 0.15) is 44.0 Å². The summed E-state index contributed by atoms with van der Waals surface area (Å²) in [4.78, 5) is 26.9. The molecule has 24 heavy (non-hydrogen) atoms. The van der Waals surface area contributed by atoms with Gasteiger partial charge < -0.3 is 9.47 Å². The summed E-state index contributed by atoms with van der Waals surface area (Å²) in [6.07, 6.45) is 1.23. The Hall–Kier alpha value is -1.88. The molecular formula is C19H27NO4. The lowest BCUT2D eigenvalue weighted by Crippen LogP contribution is -2.51. The SMILES string of the molecule is CCOC(=O)C1CN(C(C)CC)CCC1OC(=O)c1ccccc1. The smallest absolute Gasteiger partial charge is 0.338 e. The minimum atomic E-state index is -0.433. The third-order valence-corrected chi connectivity index (χ3v) is 4.65. The molecule has 0 aliphatic carbocycles. The molecule has 3 unspecified atom stereocenters. The van der Waals surface area contributed by atoms with Crippen LogP contribution >= 0.6 is 0 Å². The van der Waals surface area contributed by atoms with Crippen LogP contribution in [0, 0.1) is 5.92 Å². The fourth-order valence-corrected chi connectivity index (χ4v) is 3.01. The fourth-order valence-electron chi connectivity index (χ4n) is 3.01. The lowest BCUT2D eigenvalue weighted by atomic mass is 9.93. The maximum atomic E-state index is 12.3. The molecule has 1 aromatic rings. The van der Waals surface area contributed by atoms with Crippen molar-refractivity contribution in [3.8, 4) is 0 Å². The lowest BCUT2D eigenvalue weighted by Gasteiger charge is -2.39. The number of piperidine rings is 1. The van der Waals surface area contributed by atoms with Crippen molar-refractivity contribution in [2.45, 2.75) is 45.8 Å². The van der Waals surface area contributed by atoms with E-state index in [2.05, 4.69) is 18.7 Å². The van der Waals surface area contributed by atoms with Gasteiger partial charge in [-0.05, 0) is 38.8 Å². The van der Waals surface area contributed by atoms with Crippen LogP contribution in [-0.4, -0.2) is 48.7 Å². The lowest BCUT2D eigenvalue weighted by molar-refractivity contribution is -0.156. The molecule has 0 N–H and O–H groups in total. The van der Waals surface area contributed by atoms with E-state index in [0.717, 1.165) is 13.0 Å². The second kappa shape index (κ2) is 8.83. The number of carbonyl (C=O) groups is 2. The van der Waals surface area contributed by atoms with Gasteiger partial charge in [0.1, 0.15) is 12.0 Å². The Morgan fingerprint density at radius 2 is 1.96 bits per heavy atom. The number of rotatable bonds is 6. The van der Waals surface area contributed by atoms with Crippen LogP contribution in [0.3, 0.4) is 0 Å². The first-order valence-electron chi connectivity index (χ1n) is 8.73. The number of nitrogens with zero attached hydrogens (tertiary/aromatic N) is 1. The average Bonchev–Trinajstić information content (AvgIpc) is 2.62. The van der Waals surface area contributed by atoms with Gasteiger partial charge in [-0.25, -0.2) is 4.79 Å². The molecule has 0 saturated carbocycles. The van der Waals surface area contributed by atoms with Gasteiger partial charge in [-0.2, -0.15) is 0 Å². The molecule has 1 heterocycles. The first kappa shape index (κ1) is 18.5. The summed E-state index contributed by atoms with van der Waals surface area (Å²) in [5.74, 6) is -1.09. The molecule has 0 amide bonds. The van der Waals surface area contributed by atoms with Crippen molar-refractivity contribution in [3.63, 3.8) is 0 Å². The van der Waals surface area contributed by atoms with Crippen molar-refractivity contribution in [2.24, 2.45) is 5.92 Å². The Bertz CT molecular complexity index is 546. The van der Waals surface area contributed by atoms with Crippen LogP contribution in [0.2, 0.25) is 0 Å². The normalized spacial score (nSPS) is 22.6. The van der Waals surface area contributed by atoms with E-state index in [4.69, 9.17) is 9.47 Å². The number of hydrogen-bond acceptors (Lipinski definition) is 5. The molecule has 0 spiro atoms. The van der Waals surface area contributed by atoms with E-state index in [1.165, 1.54) is 0 Å². The molecule has 5 heteroatoms. The molecule has 1 aromatic carbocycles. The highest BCUT2D eigenvalue weighted by Gasteiger charge is 2.39. The first-order valence-corrected chi connectivity index (χ1v) is 8.73. The second-order valence-corrected chi connectivity index (χ2v) is 6.21. The van der Waals surface area contributed by atoms with E-state index in [9.17, 15) is 9.59 Å². The van der Waals surface area contributed by atoms with Crippen molar-refractivity contribution >= 4 is 11.9 Å². The number of likely N-dealkylation sites (tertiary alicyclic amines) is 1. The largest absolute Gasteiger partial charge is 0.466 e. The molecule has 2 rings (SSSR count). The van der Waals surface area contributed by atoms with Crippen LogP contribution in [0.25, 0.3) is 0 Å². The quantitative estimate of drug-likeness (QED) is 0.749. The highest BCUT2D eigenvalue weighted by Crippen LogP contribution is 2.25.